The van der Waals surface area contributed by atoms with Crippen LogP contribution in [0.1, 0.15) is 71.6 Å². The number of fused-ring (bicyclic) bond motifs is 2. The normalized spacial score (nSPS) is 40.1. The fourth-order valence-electron chi connectivity index (χ4n) is 4.66. The zero-order chi connectivity index (χ0) is 14.9. The Labute approximate surface area is 129 Å². The fourth-order valence-corrected chi connectivity index (χ4v) is 4.66. The summed E-state index contributed by atoms with van der Waals surface area (Å²) in [4.78, 5) is 14.8. The van der Waals surface area contributed by atoms with Gasteiger partial charge in [-0.05, 0) is 56.3 Å². The van der Waals surface area contributed by atoms with E-state index in [1.807, 2.05) is 0 Å². The molecule has 3 heteroatoms. The molecule has 3 rings (SSSR count). The molecule has 1 N–H and O–H groups in total. The molecule has 0 aromatic heterocycles. The fraction of sp³-hybridized carbons (Fsp3) is 0.944. The van der Waals surface area contributed by atoms with Crippen LogP contribution in [0.5, 0.6) is 0 Å². The monoisotopic (exact) mass is 292 g/mol. The van der Waals surface area contributed by atoms with E-state index in [1.165, 1.54) is 51.4 Å². The third-order valence-electron chi connectivity index (χ3n) is 6.43. The first kappa shape index (κ1) is 15.3. The van der Waals surface area contributed by atoms with Crippen LogP contribution in [0.25, 0.3) is 0 Å². The summed E-state index contributed by atoms with van der Waals surface area (Å²) in [6.07, 6.45) is 10.8. The van der Waals surface area contributed by atoms with Crippen LogP contribution in [0, 0.1) is 11.3 Å². The Hall–Kier alpha value is -0.570. The van der Waals surface area contributed by atoms with Crippen molar-refractivity contribution in [1.29, 1.82) is 0 Å². The third-order valence-corrected chi connectivity index (χ3v) is 6.43. The molecule has 0 saturated carbocycles. The lowest BCUT2D eigenvalue weighted by Gasteiger charge is -2.31. The Morgan fingerprint density at radius 3 is 2.57 bits per heavy atom. The third kappa shape index (κ3) is 3.61. The van der Waals surface area contributed by atoms with Gasteiger partial charge in [0.2, 0.25) is 5.91 Å². The molecular weight excluding hydrogens is 260 g/mol. The Balaban J connectivity index is 1.51. The van der Waals surface area contributed by atoms with E-state index in [0.717, 1.165) is 19.5 Å². The van der Waals surface area contributed by atoms with Crippen LogP contribution >= 0.6 is 0 Å². The van der Waals surface area contributed by atoms with Gasteiger partial charge in [0.15, 0.2) is 0 Å². The van der Waals surface area contributed by atoms with Gasteiger partial charge in [-0.1, -0.05) is 20.3 Å². The lowest BCUT2D eigenvalue weighted by atomic mass is 9.80. The summed E-state index contributed by atoms with van der Waals surface area (Å²) in [5.74, 6) is 1.07. The first-order chi connectivity index (χ1) is 10.1. The lowest BCUT2D eigenvalue weighted by molar-refractivity contribution is -0.132. The second-order valence-electron chi connectivity index (χ2n) is 8.08. The van der Waals surface area contributed by atoms with Gasteiger partial charge in [0, 0.05) is 31.6 Å². The summed E-state index contributed by atoms with van der Waals surface area (Å²) < 4.78 is 0. The van der Waals surface area contributed by atoms with E-state index in [0.29, 0.717) is 29.3 Å². The molecule has 0 aromatic rings. The molecule has 3 fully saturated rings. The van der Waals surface area contributed by atoms with E-state index < -0.39 is 0 Å². The van der Waals surface area contributed by atoms with Gasteiger partial charge in [-0.3, -0.25) is 4.79 Å². The SMILES string of the molecule is CC[C@]1(C)CCCN(C(=O)CC2C[C@H]3CC[C@@H](C2)N3)CC1. The number of carbonyl (C=O) groups is 1. The molecule has 21 heavy (non-hydrogen) atoms. The number of nitrogens with one attached hydrogen (secondary N) is 1. The molecule has 3 saturated heterocycles. The number of piperidine rings is 1. The molecule has 3 nitrogen and oxygen atoms in total. The van der Waals surface area contributed by atoms with Gasteiger partial charge >= 0.3 is 0 Å². The van der Waals surface area contributed by atoms with Crippen LogP contribution in [0.15, 0.2) is 0 Å². The number of hydrogen-bond donors (Lipinski definition) is 1. The van der Waals surface area contributed by atoms with Gasteiger partial charge in [-0.25, -0.2) is 0 Å². The summed E-state index contributed by atoms with van der Waals surface area (Å²) in [5.41, 5.74) is 0.461. The molecule has 0 aliphatic carbocycles. The molecular formula is C18H32N2O. The van der Waals surface area contributed by atoms with Crippen LogP contribution in [0.4, 0.5) is 0 Å². The van der Waals surface area contributed by atoms with Gasteiger partial charge in [0.05, 0.1) is 0 Å². The van der Waals surface area contributed by atoms with Crippen molar-refractivity contribution in [2.75, 3.05) is 13.1 Å². The van der Waals surface area contributed by atoms with Crippen LogP contribution in [0.3, 0.4) is 0 Å². The summed E-state index contributed by atoms with van der Waals surface area (Å²) in [5, 5.41) is 3.68. The highest BCUT2D eigenvalue weighted by Crippen LogP contribution is 2.35. The predicted molar refractivity (Wildman–Crippen MR) is 86.1 cm³/mol. The van der Waals surface area contributed by atoms with E-state index in [1.54, 1.807) is 0 Å². The number of carbonyl (C=O) groups excluding carboxylic acids is 1. The first-order valence-corrected chi connectivity index (χ1v) is 9.12. The maximum atomic E-state index is 12.7. The van der Waals surface area contributed by atoms with Crippen molar-refractivity contribution in [3.05, 3.63) is 0 Å². The predicted octanol–water partition coefficient (Wildman–Crippen LogP) is 3.34. The summed E-state index contributed by atoms with van der Waals surface area (Å²) >= 11 is 0. The van der Waals surface area contributed by atoms with Crippen molar-refractivity contribution in [3.8, 4) is 0 Å². The van der Waals surface area contributed by atoms with Crippen molar-refractivity contribution in [2.45, 2.75) is 83.7 Å². The molecule has 2 bridgehead atoms. The Kier molecular flexibility index (Phi) is 4.58. The second-order valence-corrected chi connectivity index (χ2v) is 8.08. The summed E-state index contributed by atoms with van der Waals surface area (Å²) in [7, 11) is 0. The van der Waals surface area contributed by atoms with Crippen molar-refractivity contribution in [1.82, 2.24) is 10.2 Å². The largest absolute Gasteiger partial charge is 0.343 e. The second kappa shape index (κ2) is 6.28. The van der Waals surface area contributed by atoms with E-state index in [4.69, 9.17) is 0 Å². The zero-order valence-electron chi connectivity index (χ0n) is 13.9. The van der Waals surface area contributed by atoms with Crippen molar-refractivity contribution in [3.63, 3.8) is 0 Å². The number of amides is 1. The average Bonchev–Trinajstić information content (AvgIpc) is 2.69. The van der Waals surface area contributed by atoms with Gasteiger partial charge in [-0.2, -0.15) is 0 Å². The molecule has 3 aliphatic rings. The molecule has 3 aliphatic heterocycles. The molecule has 0 spiro atoms. The van der Waals surface area contributed by atoms with Gasteiger partial charge in [0.1, 0.15) is 0 Å². The van der Waals surface area contributed by atoms with Gasteiger partial charge in [0.25, 0.3) is 0 Å². The smallest absolute Gasteiger partial charge is 0.222 e. The molecule has 1 amide bonds. The Bertz CT molecular complexity index is 371. The maximum Gasteiger partial charge on any atom is 0.222 e. The lowest BCUT2D eigenvalue weighted by Crippen LogP contribution is -2.40. The van der Waals surface area contributed by atoms with E-state index in [-0.39, 0.29) is 0 Å². The highest BCUT2D eigenvalue weighted by Gasteiger charge is 2.35. The van der Waals surface area contributed by atoms with Gasteiger partial charge < -0.3 is 10.2 Å². The average molecular weight is 292 g/mol. The zero-order valence-corrected chi connectivity index (χ0v) is 13.9. The minimum atomic E-state index is 0.432. The Morgan fingerprint density at radius 1 is 1.19 bits per heavy atom. The van der Waals surface area contributed by atoms with Crippen molar-refractivity contribution in [2.24, 2.45) is 11.3 Å². The van der Waals surface area contributed by atoms with Crippen molar-refractivity contribution >= 4 is 5.91 Å². The molecule has 120 valence electrons. The number of nitrogens with zero attached hydrogens (tertiary/aromatic N) is 1. The molecule has 3 heterocycles. The minimum absolute atomic E-state index is 0.432. The highest BCUT2D eigenvalue weighted by molar-refractivity contribution is 5.76. The number of hydrogen-bond acceptors (Lipinski definition) is 2. The van der Waals surface area contributed by atoms with Crippen LogP contribution in [-0.2, 0) is 4.79 Å². The summed E-state index contributed by atoms with van der Waals surface area (Å²) in [6.45, 7) is 6.67. The van der Waals surface area contributed by atoms with E-state index in [9.17, 15) is 4.79 Å². The minimum Gasteiger partial charge on any atom is -0.343 e. The van der Waals surface area contributed by atoms with Crippen LogP contribution < -0.4 is 5.32 Å². The van der Waals surface area contributed by atoms with E-state index >= 15 is 0 Å². The van der Waals surface area contributed by atoms with E-state index in [2.05, 4.69) is 24.1 Å². The van der Waals surface area contributed by atoms with Crippen LogP contribution in [-0.4, -0.2) is 36.0 Å². The summed E-state index contributed by atoms with van der Waals surface area (Å²) in [6, 6.07) is 1.41. The quantitative estimate of drug-likeness (QED) is 0.865. The maximum absolute atomic E-state index is 12.7. The Morgan fingerprint density at radius 2 is 1.90 bits per heavy atom. The standard InChI is InChI=1S/C18H32N2O/c1-3-18(2)7-4-9-20(10-8-18)17(21)13-14-11-15-5-6-16(12-14)19-15/h14-16,19H,3-13H2,1-2H3/t14?,15-,16+,18-/m1/s1. The molecule has 1 unspecified atom stereocenters. The molecule has 4 atom stereocenters. The highest BCUT2D eigenvalue weighted by atomic mass is 16.2. The topological polar surface area (TPSA) is 32.3 Å². The molecule has 0 radical (unpaired) electrons. The first-order valence-electron chi connectivity index (χ1n) is 9.12. The number of rotatable bonds is 3. The van der Waals surface area contributed by atoms with Gasteiger partial charge in [-0.15, -0.1) is 0 Å². The van der Waals surface area contributed by atoms with Crippen molar-refractivity contribution < 1.29 is 4.79 Å². The van der Waals surface area contributed by atoms with Crippen LogP contribution in [0.2, 0.25) is 0 Å². The number of likely N-dealkylation sites (tertiary alicyclic amines) is 1. The molecule has 0 aromatic carbocycles.